The van der Waals surface area contributed by atoms with Crippen molar-refractivity contribution in [2.24, 2.45) is 5.92 Å². The molecular formula is C16H15N3O3S. The van der Waals surface area contributed by atoms with Gasteiger partial charge < -0.3 is 10.4 Å². The van der Waals surface area contributed by atoms with Crippen molar-refractivity contribution in [1.29, 1.82) is 5.26 Å². The number of aromatic nitrogens is 1. The topological polar surface area (TPSA) is 103 Å². The molecule has 6 nitrogen and oxygen atoms in total. The van der Waals surface area contributed by atoms with Gasteiger partial charge in [-0.05, 0) is 5.92 Å². The number of carbonyl (C=O) groups is 2. The summed E-state index contributed by atoms with van der Waals surface area (Å²) >= 11 is 1.10. The molecule has 2 aromatic rings. The molecule has 2 N–H and O–H groups in total. The first-order chi connectivity index (χ1) is 11.0. The molecule has 0 aliphatic heterocycles. The largest absolute Gasteiger partial charge is 0.481 e. The molecule has 0 saturated carbocycles. The van der Waals surface area contributed by atoms with Crippen LogP contribution in [0.25, 0.3) is 11.3 Å². The Morgan fingerprint density at radius 2 is 2.04 bits per heavy atom. The van der Waals surface area contributed by atoms with Gasteiger partial charge in [0.25, 0.3) is 0 Å². The van der Waals surface area contributed by atoms with Gasteiger partial charge in [0.05, 0.1) is 0 Å². The minimum atomic E-state index is -0.933. The Kier molecular flexibility index (Phi) is 5.44. The van der Waals surface area contributed by atoms with Crippen molar-refractivity contribution < 1.29 is 14.7 Å². The zero-order valence-electron chi connectivity index (χ0n) is 12.4. The molecule has 118 valence electrons. The van der Waals surface area contributed by atoms with E-state index < -0.39 is 5.97 Å². The van der Waals surface area contributed by atoms with Gasteiger partial charge in [-0.3, -0.25) is 9.59 Å². The van der Waals surface area contributed by atoms with Gasteiger partial charge >= 0.3 is 5.97 Å². The number of nitriles is 1. The fourth-order valence-corrected chi connectivity index (χ4v) is 2.90. The number of aliphatic carboxylic acids is 1. The van der Waals surface area contributed by atoms with E-state index >= 15 is 0 Å². The fourth-order valence-electron chi connectivity index (χ4n) is 2.10. The molecule has 1 amide bonds. The van der Waals surface area contributed by atoms with Crippen LogP contribution in [0.5, 0.6) is 0 Å². The summed E-state index contributed by atoms with van der Waals surface area (Å²) in [6.07, 6.45) is 0.0262. The van der Waals surface area contributed by atoms with Gasteiger partial charge in [-0.1, -0.05) is 48.6 Å². The second-order valence-electron chi connectivity index (χ2n) is 5.13. The predicted octanol–water partition coefficient (Wildman–Crippen LogP) is 3.12. The Balaban J connectivity index is 2.10. The van der Waals surface area contributed by atoms with E-state index in [0.29, 0.717) is 15.7 Å². The summed E-state index contributed by atoms with van der Waals surface area (Å²) in [5, 5.41) is 20.9. The smallest absolute Gasteiger partial charge is 0.303 e. The molecule has 0 spiro atoms. The number of hydrogen-bond donors (Lipinski definition) is 2. The first kappa shape index (κ1) is 16.6. The number of anilines is 1. The Morgan fingerprint density at radius 1 is 1.35 bits per heavy atom. The average molecular weight is 329 g/mol. The highest BCUT2D eigenvalue weighted by molar-refractivity contribution is 7.16. The third-order valence-corrected chi connectivity index (χ3v) is 3.95. The zero-order chi connectivity index (χ0) is 16.8. The number of nitrogens with zero attached hydrogens (tertiary/aromatic N) is 2. The molecule has 0 aliphatic rings. The van der Waals surface area contributed by atoms with Crippen molar-refractivity contribution in [2.75, 3.05) is 5.32 Å². The van der Waals surface area contributed by atoms with E-state index in [-0.39, 0.29) is 24.7 Å². The molecule has 0 radical (unpaired) electrons. The van der Waals surface area contributed by atoms with E-state index in [0.717, 1.165) is 16.9 Å². The Bertz CT molecular complexity index is 750. The zero-order valence-corrected chi connectivity index (χ0v) is 13.3. The number of benzene rings is 1. The van der Waals surface area contributed by atoms with Crippen molar-refractivity contribution in [1.82, 2.24) is 4.98 Å². The third-order valence-electron chi connectivity index (χ3n) is 3.08. The van der Waals surface area contributed by atoms with Gasteiger partial charge in [0.15, 0.2) is 5.13 Å². The van der Waals surface area contributed by atoms with Crippen LogP contribution in [-0.2, 0) is 9.59 Å². The SMILES string of the molecule is CC(CC(=O)O)CC(=O)Nc1nc(-c2ccccc2)c(C#N)s1. The van der Waals surface area contributed by atoms with Gasteiger partial charge in [-0.15, -0.1) is 0 Å². The lowest BCUT2D eigenvalue weighted by Crippen LogP contribution is -2.16. The summed E-state index contributed by atoms with van der Waals surface area (Å²) in [6, 6.07) is 11.3. The number of thiazole rings is 1. The number of carboxylic acid groups (broad SMARTS) is 1. The quantitative estimate of drug-likeness (QED) is 0.847. The van der Waals surface area contributed by atoms with Crippen LogP contribution in [0.4, 0.5) is 5.13 Å². The van der Waals surface area contributed by atoms with Crippen molar-refractivity contribution in [2.45, 2.75) is 19.8 Å². The number of nitrogens with one attached hydrogen (secondary N) is 1. The van der Waals surface area contributed by atoms with Crippen LogP contribution in [0.3, 0.4) is 0 Å². The van der Waals surface area contributed by atoms with Gasteiger partial charge in [0, 0.05) is 18.4 Å². The van der Waals surface area contributed by atoms with E-state index in [4.69, 9.17) is 5.11 Å². The monoisotopic (exact) mass is 329 g/mol. The molecule has 7 heteroatoms. The number of carboxylic acids is 1. The second-order valence-corrected chi connectivity index (χ2v) is 6.13. The molecule has 0 aliphatic carbocycles. The van der Waals surface area contributed by atoms with Crippen LogP contribution in [0.2, 0.25) is 0 Å². The predicted molar refractivity (Wildman–Crippen MR) is 86.9 cm³/mol. The molecule has 1 aromatic heterocycles. The summed E-state index contributed by atoms with van der Waals surface area (Å²) in [5.41, 5.74) is 1.34. The lowest BCUT2D eigenvalue weighted by Gasteiger charge is -2.07. The molecule has 1 atom stereocenters. The van der Waals surface area contributed by atoms with Crippen molar-refractivity contribution >= 4 is 28.3 Å². The first-order valence-corrected chi connectivity index (χ1v) is 7.79. The van der Waals surface area contributed by atoms with Gasteiger partial charge in [0.2, 0.25) is 5.91 Å². The standard InChI is InChI=1S/C16H15N3O3S/c1-10(8-14(21)22)7-13(20)18-16-19-15(12(9-17)23-16)11-5-3-2-4-6-11/h2-6,10H,7-8H2,1H3,(H,21,22)(H,18,19,20). The molecule has 1 unspecified atom stereocenters. The number of carbonyl (C=O) groups excluding carboxylic acids is 1. The van der Waals surface area contributed by atoms with Crippen LogP contribution in [0, 0.1) is 17.2 Å². The van der Waals surface area contributed by atoms with Crippen LogP contribution < -0.4 is 5.32 Å². The van der Waals surface area contributed by atoms with E-state index in [1.165, 1.54) is 0 Å². The van der Waals surface area contributed by atoms with Crippen molar-refractivity contribution in [3.05, 3.63) is 35.2 Å². The van der Waals surface area contributed by atoms with Crippen LogP contribution in [-0.4, -0.2) is 22.0 Å². The Hall–Kier alpha value is -2.72. The third kappa shape index (κ3) is 4.63. The maximum absolute atomic E-state index is 11.9. The van der Waals surface area contributed by atoms with Gasteiger partial charge in [0.1, 0.15) is 16.6 Å². The van der Waals surface area contributed by atoms with Crippen molar-refractivity contribution in [3.8, 4) is 17.3 Å². The number of hydrogen-bond acceptors (Lipinski definition) is 5. The highest BCUT2D eigenvalue weighted by Crippen LogP contribution is 2.30. The Morgan fingerprint density at radius 3 is 2.65 bits per heavy atom. The van der Waals surface area contributed by atoms with E-state index in [1.807, 2.05) is 30.3 Å². The molecule has 1 heterocycles. The van der Waals surface area contributed by atoms with Crippen LogP contribution in [0.1, 0.15) is 24.6 Å². The first-order valence-electron chi connectivity index (χ1n) is 6.97. The maximum Gasteiger partial charge on any atom is 0.303 e. The molecule has 0 fully saturated rings. The average Bonchev–Trinajstić information content (AvgIpc) is 2.89. The molecule has 2 rings (SSSR count). The van der Waals surface area contributed by atoms with Crippen LogP contribution >= 0.6 is 11.3 Å². The second kappa shape index (κ2) is 7.51. The summed E-state index contributed by atoms with van der Waals surface area (Å²) < 4.78 is 0. The number of rotatable bonds is 6. The minimum Gasteiger partial charge on any atom is -0.481 e. The van der Waals surface area contributed by atoms with Gasteiger partial charge in [-0.25, -0.2) is 4.98 Å². The van der Waals surface area contributed by atoms with E-state index in [9.17, 15) is 14.9 Å². The highest BCUT2D eigenvalue weighted by atomic mass is 32.1. The summed E-state index contributed by atoms with van der Waals surface area (Å²) in [5.74, 6) is -1.51. The minimum absolute atomic E-state index is 0.0655. The summed E-state index contributed by atoms with van der Waals surface area (Å²) in [6.45, 7) is 1.70. The molecular weight excluding hydrogens is 314 g/mol. The van der Waals surface area contributed by atoms with E-state index in [2.05, 4.69) is 16.4 Å². The van der Waals surface area contributed by atoms with Gasteiger partial charge in [-0.2, -0.15) is 5.26 Å². The normalized spacial score (nSPS) is 11.5. The molecule has 23 heavy (non-hydrogen) atoms. The van der Waals surface area contributed by atoms with E-state index in [1.54, 1.807) is 6.92 Å². The lowest BCUT2D eigenvalue weighted by molar-refractivity contribution is -0.138. The van der Waals surface area contributed by atoms with Crippen molar-refractivity contribution in [3.63, 3.8) is 0 Å². The molecule has 0 saturated heterocycles. The lowest BCUT2D eigenvalue weighted by atomic mass is 10.0. The molecule has 0 bridgehead atoms. The number of amides is 1. The summed E-state index contributed by atoms with van der Waals surface area (Å²) in [4.78, 5) is 27.3. The summed E-state index contributed by atoms with van der Waals surface area (Å²) in [7, 11) is 0. The highest BCUT2D eigenvalue weighted by Gasteiger charge is 2.17. The molecule has 1 aromatic carbocycles. The maximum atomic E-state index is 11.9. The van der Waals surface area contributed by atoms with Crippen LogP contribution in [0.15, 0.2) is 30.3 Å². The fraction of sp³-hybridized carbons (Fsp3) is 0.250. The Labute approximate surface area is 137 Å².